The molecule has 0 saturated carbocycles. The first-order valence-corrected chi connectivity index (χ1v) is 6.46. The van der Waals surface area contributed by atoms with E-state index in [-0.39, 0.29) is 22.8 Å². The predicted molar refractivity (Wildman–Crippen MR) is 73.1 cm³/mol. The van der Waals surface area contributed by atoms with Gasteiger partial charge in [0.2, 0.25) is 0 Å². The molecule has 0 bridgehead atoms. The Bertz CT molecular complexity index is 756. The number of carboxylic acids is 1. The van der Waals surface area contributed by atoms with Crippen molar-refractivity contribution in [2.75, 3.05) is 20.3 Å². The molecule has 8 heteroatoms. The zero-order valence-electron chi connectivity index (χ0n) is 11.9. The molecule has 2 heterocycles. The van der Waals surface area contributed by atoms with Gasteiger partial charge in [-0.05, 0) is 6.07 Å². The van der Waals surface area contributed by atoms with Crippen LogP contribution < -0.4 is 14.2 Å². The number of ether oxygens (including phenoxy) is 3. The SMILES string of the molecule is COc1c(F)cc2c(c1-c1cc(C(=O)O)nn1C)OCCO2. The average Bonchev–Trinajstić information content (AvgIpc) is 2.87. The molecule has 3 rings (SSSR count). The lowest BCUT2D eigenvalue weighted by atomic mass is 10.1. The van der Waals surface area contributed by atoms with Gasteiger partial charge < -0.3 is 19.3 Å². The van der Waals surface area contributed by atoms with Crippen LogP contribution in [0.15, 0.2) is 12.1 Å². The minimum Gasteiger partial charge on any atom is -0.493 e. The van der Waals surface area contributed by atoms with Gasteiger partial charge >= 0.3 is 5.97 Å². The largest absolute Gasteiger partial charge is 0.493 e. The fourth-order valence-corrected chi connectivity index (χ4v) is 2.38. The number of aromatic carboxylic acids is 1. The van der Waals surface area contributed by atoms with E-state index in [1.54, 1.807) is 7.05 Å². The number of methoxy groups -OCH3 is 1. The highest BCUT2D eigenvalue weighted by Crippen LogP contribution is 2.47. The minimum absolute atomic E-state index is 0.0517. The van der Waals surface area contributed by atoms with Crippen LogP contribution in [0.3, 0.4) is 0 Å². The van der Waals surface area contributed by atoms with Crippen molar-refractivity contribution in [1.82, 2.24) is 9.78 Å². The molecule has 1 aliphatic rings. The lowest BCUT2D eigenvalue weighted by Gasteiger charge is -2.23. The number of rotatable bonds is 3. The zero-order chi connectivity index (χ0) is 15.9. The maximum Gasteiger partial charge on any atom is 0.356 e. The van der Waals surface area contributed by atoms with Crippen LogP contribution in [0, 0.1) is 5.82 Å². The van der Waals surface area contributed by atoms with Crippen molar-refractivity contribution in [3.63, 3.8) is 0 Å². The lowest BCUT2D eigenvalue weighted by Crippen LogP contribution is -2.17. The predicted octanol–water partition coefficient (Wildman–Crippen LogP) is 1.70. The zero-order valence-corrected chi connectivity index (χ0v) is 11.9. The van der Waals surface area contributed by atoms with Crippen molar-refractivity contribution in [3.8, 4) is 28.5 Å². The maximum absolute atomic E-state index is 14.2. The Labute approximate surface area is 124 Å². The summed E-state index contributed by atoms with van der Waals surface area (Å²) in [6, 6.07) is 2.52. The summed E-state index contributed by atoms with van der Waals surface area (Å²) in [5.74, 6) is -1.30. The van der Waals surface area contributed by atoms with Crippen molar-refractivity contribution in [2.24, 2.45) is 7.05 Å². The average molecular weight is 308 g/mol. The quantitative estimate of drug-likeness (QED) is 0.929. The third-order valence-electron chi connectivity index (χ3n) is 3.30. The van der Waals surface area contributed by atoms with Crippen molar-refractivity contribution in [1.29, 1.82) is 0 Å². The summed E-state index contributed by atoms with van der Waals surface area (Å²) in [5, 5.41) is 12.9. The van der Waals surface area contributed by atoms with E-state index < -0.39 is 11.8 Å². The molecule has 0 atom stereocenters. The van der Waals surface area contributed by atoms with Crippen molar-refractivity contribution >= 4 is 5.97 Å². The highest BCUT2D eigenvalue weighted by molar-refractivity contribution is 5.88. The van der Waals surface area contributed by atoms with E-state index in [1.165, 1.54) is 23.9 Å². The second kappa shape index (κ2) is 5.21. The van der Waals surface area contributed by atoms with Gasteiger partial charge in [-0.25, -0.2) is 9.18 Å². The van der Waals surface area contributed by atoms with E-state index >= 15 is 0 Å². The molecule has 0 spiro atoms. The number of fused-ring (bicyclic) bond motifs is 1. The third kappa shape index (κ3) is 2.12. The van der Waals surface area contributed by atoms with Gasteiger partial charge in [-0.3, -0.25) is 4.68 Å². The van der Waals surface area contributed by atoms with Gasteiger partial charge in [-0.1, -0.05) is 0 Å². The molecule has 0 fully saturated rings. The summed E-state index contributed by atoms with van der Waals surface area (Å²) in [6.07, 6.45) is 0. The van der Waals surface area contributed by atoms with Gasteiger partial charge in [-0.2, -0.15) is 5.10 Å². The summed E-state index contributed by atoms with van der Waals surface area (Å²) in [6.45, 7) is 0.613. The summed E-state index contributed by atoms with van der Waals surface area (Å²) in [7, 11) is 2.88. The topological polar surface area (TPSA) is 82.8 Å². The van der Waals surface area contributed by atoms with E-state index in [9.17, 15) is 9.18 Å². The van der Waals surface area contributed by atoms with E-state index in [4.69, 9.17) is 19.3 Å². The summed E-state index contributed by atoms with van der Waals surface area (Å²) in [4.78, 5) is 11.1. The second-order valence-corrected chi connectivity index (χ2v) is 4.63. The number of nitrogens with zero attached hydrogens (tertiary/aromatic N) is 2. The monoisotopic (exact) mass is 308 g/mol. The number of carboxylic acid groups (broad SMARTS) is 1. The fraction of sp³-hybridized carbons (Fsp3) is 0.286. The molecule has 1 aliphatic heterocycles. The van der Waals surface area contributed by atoms with E-state index in [2.05, 4.69) is 5.10 Å². The highest BCUT2D eigenvalue weighted by atomic mass is 19.1. The Morgan fingerprint density at radius 1 is 1.41 bits per heavy atom. The minimum atomic E-state index is -1.18. The molecule has 0 radical (unpaired) electrons. The van der Waals surface area contributed by atoms with Gasteiger partial charge in [0.05, 0.1) is 18.4 Å². The molecule has 2 aromatic rings. The van der Waals surface area contributed by atoms with Crippen LogP contribution in [0.25, 0.3) is 11.3 Å². The molecule has 0 saturated heterocycles. The van der Waals surface area contributed by atoms with Gasteiger partial charge in [0.25, 0.3) is 0 Å². The molecule has 1 aromatic carbocycles. The Morgan fingerprint density at radius 2 is 2.14 bits per heavy atom. The standard InChI is InChI=1S/C14H13FN2O5/c1-17-9(6-8(16-17)14(18)19)11-12(20-2)7(15)5-10-13(11)22-4-3-21-10/h5-6H,3-4H2,1-2H3,(H,18,19). The van der Waals surface area contributed by atoms with E-state index in [0.29, 0.717) is 24.7 Å². The summed E-state index contributed by atoms with van der Waals surface area (Å²) < 4.78 is 31.6. The Morgan fingerprint density at radius 3 is 2.77 bits per heavy atom. The van der Waals surface area contributed by atoms with Gasteiger partial charge in [0.1, 0.15) is 13.2 Å². The van der Waals surface area contributed by atoms with Crippen LogP contribution in [0.1, 0.15) is 10.5 Å². The molecule has 0 unspecified atom stereocenters. The summed E-state index contributed by atoms with van der Waals surface area (Å²) >= 11 is 0. The number of carbonyl (C=O) groups is 1. The number of halogens is 1. The molecule has 22 heavy (non-hydrogen) atoms. The molecule has 0 amide bonds. The normalized spacial score (nSPS) is 13.0. The van der Waals surface area contributed by atoms with E-state index in [0.717, 1.165) is 0 Å². The number of aromatic nitrogens is 2. The number of hydrogen-bond acceptors (Lipinski definition) is 5. The van der Waals surface area contributed by atoms with Gasteiger partial charge in [0.15, 0.2) is 28.8 Å². The molecular formula is C14H13FN2O5. The molecule has 7 nitrogen and oxygen atoms in total. The second-order valence-electron chi connectivity index (χ2n) is 4.63. The van der Waals surface area contributed by atoms with Crippen molar-refractivity contribution < 1.29 is 28.5 Å². The molecule has 0 aliphatic carbocycles. The van der Waals surface area contributed by atoms with Crippen molar-refractivity contribution in [3.05, 3.63) is 23.6 Å². The first kappa shape index (κ1) is 14.2. The highest BCUT2D eigenvalue weighted by Gasteiger charge is 2.28. The lowest BCUT2D eigenvalue weighted by molar-refractivity contribution is 0.0689. The smallest absolute Gasteiger partial charge is 0.356 e. The Kier molecular flexibility index (Phi) is 3.36. The fourth-order valence-electron chi connectivity index (χ4n) is 2.38. The van der Waals surface area contributed by atoms with Gasteiger partial charge in [-0.15, -0.1) is 0 Å². The van der Waals surface area contributed by atoms with Crippen LogP contribution in [-0.4, -0.2) is 41.2 Å². The Balaban J connectivity index is 2.29. The first-order chi connectivity index (χ1) is 10.5. The molecule has 116 valence electrons. The van der Waals surface area contributed by atoms with Gasteiger partial charge in [0, 0.05) is 13.1 Å². The summed E-state index contributed by atoms with van der Waals surface area (Å²) in [5.41, 5.74) is 0.476. The number of benzene rings is 1. The first-order valence-electron chi connectivity index (χ1n) is 6.46. The number of aryl methyl sites for hydroxylation is 1. The molecule has 1 N–H and O–H groups in total. The Hall–Kier alpha value is -2.77. The maximum atomic E-state index is 14.2. The molecule has 1 aromatic heterocycles. The van der Waals surface area contributed by atoms with Crippen LogP contribution in [-0.2, 0) is 7.05 Å². The third-order valence-corrected chi connectivity index (χ3v) is 3.30. The van der Waals surface area contributed by atoms with E-state index in [1.807, 2.05) is 0 Å². The van der Waals surface area contributed by atoms with Crippen LogP contribution in [0.5, 0.6) is 17.2 Å². The van der Waals surface area contributed by atoms with Crippen LogP contribution >= 0.6 is 0 Å². The van der Waals surface area contributed by atoms with Crippen LogP contribution in [0.4, 0.5) is 4.39 Å². The van der Waals surface area contributed by atoms with Crippen LogP contribution in [0.2, 0.25) is 0 Å². The molecular weight excluding hydrogens is 295 g/mol. The van der Waals surface area contributed by atoms with Crippen molar-refractivity contribution in [2.45, 2.75) is 0 Å². The number of hydrogen-bond donors (Lipinski definition) is 1.